The Morgan fingerprint density at radius 1 is 1.44 bits per heavy atom. The Bertz CT molecular complexity index is 559. The molecule has 0 aliphatic rings. The molecule has 1 heterocycles. The van der Waals surface area contributed by atoms with Crippen LogP contribution in [0.4, 0.5) is 5.69 Å². The summed E-state index contributed by atoms with van der Waals surface area (Å²) in [5.74, 6) is 0.641. The zero-order valence-corrected chi connectivity index (χ0v) is 12.5. The van der Waals surface area contributed by atoms with Gasteiger partial charge in [0.1, 0.15) is 0 Å². The number of benzene rings is 1. The fraction of sp³-hybridized carbons (Fsp3) is 0.182. The molecule has 7 heteroatoms. The maximum absolute atomic E-state index is 11.7. The van der Waals surface area contributed by atoms with Gasteiger partial charge in [-0.1, -0.05) is 23.9 Å². The summed E-state index contributed by atoms with van der Waals surface area (Å²) in [6.07, 6.45) is 0. The summed E-state index contributed by atoms with van der Waals surface area (Å²) in [5.41, 5.74) is 0.811. The first-order valence-corrected chi connectivity index (χ1v) is 7.19. The molecule has 18 heavy (non-hydrogen) atoms. The van der Waals surface area contributed by atoms with Crippen LogP contribution in [0.2, 0.25) is 0 Å². The van der Waals surface area contributed by atoms with Crippen molar-refractivity contribution >= 4 is 45.9 Å². The van der Waals surface area contributed by atoms with Gasteiger partial charge in [-0.25, -0.2) is 0 Å². The number of carbonyl (C=O) groups excluding carboxylic acids is 1. The average Bonchev–Trinajstić information content (AvgIpc) is 2.76. The molecule has 0 saturated heterocycles. The van der Waals surface area contributed by atoms with Gasteiger partial charge >= 0.3 is 0 Å². The Morgan fingerprint density at radius 2 is 2.22 bits per heavy atom. The maximum Gasteiger partial charge on any atom is 0.277 e. The van der Waals surface area contributed by atoms with Gasteiger partial charge in [-0.2, -0.15) is 0 Å². The Kier molecular flexibility index (Phi) is 4.59. The Morgan fingerprint density at radius 3 is 2.89 bits per heavy atom. The van der Waals surface area contributed by atoms with Crippen LogP contribution in [-0.2, 0) is 4.79 Å². The predicted octanol–water partition coefficient (Wildman–Crippen LogP) is 2.71. The molecule has 0 spiro atoms. The van der Waals surface area contributed by atoms with Crippen LogP contribution in [0.1, 0.15) is 5.89 Å². The van der Waals surface area contributed by atoms with Crippen LogP contribution in [0.5, 0.6) is 0 Å². The van der Waals surface area contributed by atoms with E-state index in [2.05, 4.69) is 38.1 Å². The van der Waals surface area contributed by atoms with E-state index in [4.69, 9.17) is 4.42 Å². The number of para-hydroxylation sites is 1. The van der Waals surface area contributed by atoms with Crippen molar-refractivity contribution in [2.45, 2.75) is 12.1 Å². The largest absolute Gasteiger partial charge is 0.416 e. The van der Waals surface area contributed by atoms with Gasteiger partial charge in [-0.3, -0.25) is 4.79 Å². The summed E-state index contributed by atoms with van der Waals surface area (Å²) in [7, 11) is 0. The van der Waals surface area contributed by atoms with Crippen molar-refractivity contribution in [3.05, 3.63) is 33.7 Å². The first-order chi connectivity index (χ1) is 8.65. The highest BCUT2D eigenvalue weighted by molar-refractivity contribution is 14.1. The average molecular weight is 375 g/mol. The van der Waals surface area contributed by atoms with E-state index in [1.165, 1.54) is 11.8 Å². The van der Waals surface area contributed by atoms with Gasteiger partial charge in [-0.05, 0) is 34.7 Å². The Labute approximate surface area is 122 Å². The van der Waals surface area contributed by atoms with Crippen LogP contribution in [-0.4, -0.2) is 21.9 Å². The van der Waals surface area contributed by atoms with E-state index < -0.39 is 0 Å². The summed E-state index contributed by atoms with van der Waals surface area (Å²) in [4.78, 5) is 11.7. The molecule has 2 aromatic rings. The number of aryl methyl sites for hydroxylation is 1. The minimum absolute atomic E-state index is 0.0973. The number of hydrogen-bond acceptors (Lipinski definition) is 5. The van der Waals surface area contributed by atoms with E-state index in [9.17, 15) is 4.79 Å². The molecule has 5 nitrogen and oxygen atoms in total. The van der Waals surface area contributed by atoms with Crippen LogP contribution < -0.4 is 5.32 Å². The lowest BCUT2D eigenvalue weighted by atomic mass is 10.3. The summed E-state index contributed by atoms with van der Waals surface area (Å²) in [6, 6.07) is 7.60. The van der Waals surface area contributed by atoms with Crippen LogP contribution in [0, 0.1) is 10.5 Å². The first kappa shape index (κ1) is 13.3. The van der Waals surface area contributed by atoms with Crippen molar-refractivity contribution < 1.29 is 9.21 Å². The highest BCUT2D eigenvalue weighted by Gasteiger charge is 2.09. The highest BCUT2D eigenvalue weighted by atomic mass is 127. The maximum atomic E-state index is 11.7. The van der Waals surface area contributed by atoms with E-state index in [0.29, 0.717) is 11.1 Å². The van der Waals surface area contributed by atoms with Gasteiger partial charge in [-0.15, -0.1) is 10.2 Å². The number of nitrogens with one attached hydrogen (secondary N) is 1. The van der Waals surface area contributed by atoms with Crippen molar-refractivity contribution in [2.75, 3.05) is 11.1 Å². The molecular formula is C11H10IN3O2S. The van der Waals surface area contributed by atoms with Gasteiger partial charge in [0, 0.05) is 10.5 Å². The zero-order chi connectivity index (χ0) is 13.0. The third kappa shape index (κ3) is 3.70. The Hall–Kier alpha value is -1.09. The number of rotatable bonds is 4. The number of thioether (sulfide) groups is 1. The van der Waals surface area contributed by atoms with Crippen LogP contribution in [0.15, 0.2) is 33.9 Å². The molecule has 0 atom stereocenters. The standard InChI is InChI=1S/C11H10IN3O2S/c1-7-14-15-11(17-7)18-6-10(16)13-9-5-3-2-4-8(9)12/h2-5H,6H2,1H3,(H,13,16). The highest BCUT2D eigenvalue weighted by Crippen LogP contribution is 2.19. The van der Waals surface area contributed by atoms with Crippen molar-refractivity contribution in [1.29, 1.82) is 0 Å². The van der Waals surface area contributed by atoms with Crippen molar-refractivity contribution in [3.63, 3.8) is 0 Å². The second-order valence-electron chi connectivity index (χ2n) is 3.40. The van der Waals surface area contributed by atoms with E-state index in [0.717, 1.165) is 9.26 Å². The zero-order valence-electron chi connectivity index (χ0n) is 9.51. The third-order valence-corrected chi connectivity index (χ3v) is 3.74. The topological polar surface area (TPSA) is 68.0 Å². The molecule has 2 rings (SSSR count). The predicted molar refractivity (Wildman–Crippen MR) is 77.5 cm³/mol. The number of amides is 1. The van der Waals surface area contributed by atoms with E-state index in [1.807, 2.05) is 24.3 Å². The molecule has 1 amide bonds. The number of aromatic nitrogens is 2. The number of nitrogens with zero attached hydrogens (tertiary/aromatic N) is 2. The van der Waals surface area contributed by atoms with Gasteiger partial charge in [0.2, 0.25) is 11.8 Å². The lowest BCUT2D eigenvalue weighted by Gasteiger charge is -2.05. The van der Waals surface area contributed by atoms with Crippen LogP contribution in [0.3, 0.4) is 0 Å². The molecule has 0 unspecified atom stereocenters. The van der Waals surface area contributed by atoms with Crippen LogP contribution >= 0.6 is 34.4 Å². The van der Waals surface area contributed by atoms with Crippen molar-refractivity contribution in [3.8, 4) is 0 Å². The smallest absolute Gasteiger partial charge is 0.277 e. The molecule has 94 valence electrons. The van der Waals surface area contributed by atoms with Crippen molar-refractivity contribution in [2.24, 2.45) is 0 Å². The number of hydrogen-bond donors (Lipinski definition) is 1. The second kappa shape index (κ2) is 6.19. The lowest BCUT2D eigenvalue weighted by molar-refractivity contribution is -0.113. The summed E-state index contributed by atoms with van der Waals surface area (Å²) < 4.78 is 6.17. The van der Waals surface area contributed by atoms with Gasteiger partial charge < -0.3 is 9.73 Å². The van der Waals surface area contributed by atoms with E-state index in [1.54, 1.807) is 6.92 Å². The second-order valence-corrected chi connectivity index (χ2v) is 5.49. The van der Waals surface area contributed by atoms with E-state index in [-0.39, 0.29) is 11.7 Å². The normalized spacial score (nSPS) is 10.3. The monoisotopic (exact) mass is 375 g/mol. The molecule has 0 fully saturated rings. The SMILES string of the molecule is Cc1nnc(SCC(=O)Nc2ccccc2I)o1. The molecular weight excluding hydrogens is 365 g/mol. The fourth-order valence-corrected chi connectivity index (χ4v) is 2.34. The lowest BCUT2D eigenvalue weighted by Crippen LogP contribution is -2.14. The summed E-state index contributed by atoms with van der Waals surface area (Å²) >= 11 is 3.39. The molecule has 0 aliphatic carbocycles. The minimum Gasteiger partial charge on any atom is -0.416 e. The quantitative estimate of drug-likeness (QED) is 0.658. The molecule has 0 radical (unpaired) electrons. The van der Waals surface area contributed by atoms with Gasteiger partial charge in [0.05, 0.1) is 11.4 Å². The fourth-order valence-electron chi connectivity index (χ4n) is 1.21. The number of anilines is 1. The minimum atomic E-state index is -0.0973. The number of halogens is 1. The van der Waals surface area contributed by atoms with Gasteiger partial charge in [0.25, 0.3) is 5.22 Å². The molecule has 0 aliphatic heterocycles. The summed E-state index contributed by atoms with van der Waals surface area (Å²) in [5, 5.41) is 10.7. The Balaban J connectivity index is 1.88. The van der Waals surface area contributed by atoms with E-state index >= 15 is 0 Å². The van der Waals surface area contributed by atoms with Gasteiger partial charge in [0.15, 0.2) is 0 Å². The first-order valence-electron chi connectivity index (χ1n) is 5.12. The molecule has 0 bridgehead atoms. The molecule has 1 N–H and O–H groups in total. The van der Waals surface area contributed by atoms with Crippen LogP contribution in [0.25, 0.3) is 0 Å². The molecule has 1 aromatic heterocycles. The molecule has 1 aromatic carbocycles. The third-order valence-electron chi connectivity index (χ3n) is 1.98. The molecule has 0 saturated carbocycles. The number of carbonyl (C=O) groups is 1. The summed E-state index contributed by atoms with van der Waals surface area (Å²) in [6.45, 7) is 1.71. The van der Waals surface area contributed by atoms with Crippen molar-refractivity contribution in [1.82, 2.24) is 10.2 Å².